The van der Waals surface area contributed by atoms with Gasteiger partial charge in [-0.15, -0.1) is 0 Å². The summed E-state index contributed by atoms with van der Waals surface area (Å²) in [7, 11) is 0. The van der Waals surface area contributed by atoms with Crippen LogP contribution in [0.1, 0.15) is 0 Å². The van der Waals surface area contributed by atoms with Crippen molar-refractivity contribution < 1.29 is 13.5 Å². The van der Waals surface area contributed by atoms with Crippen LogP contribution in [0.4, 0.5) is 8.78 Å². The van der Waals surface area contributed by atoms with Crippen molar-refractivity contribution in [2.24, 2.45) is 0 Å². The molecule has 16 heavy (non-hydrogen) atoms. The summed E-state index contributed by atoms with van der Waals surface area (Å²) < 4.78 is 31.3. The summed E-state index contributed by atoms with van der Waals surface area (Å²) in [6.07, 6.45) is 1.03. The van der Waals surface area contributed by atoms with E-state index in [1.807, 2.05) is 0 Å². The molecule has 1 aromatic carbocycles. The lowest BCUT2D eigenvalue weighted by Crippen LogP contribution is -1.89. The SMILES string of the molecule is Fc1ccc(Oc2ccc(Br)c(F)c2)nc1. The first-order chi connectivity index (χ1) is 7.65. The lowest BCUT2D eigenvalue weighted by molar-refractivity contribution is 0.454. The van der Waals surface area contributed by atoms with Crippen molar-refractivity contribution in [3.05, 3.63) is 52.6 Å². The van der Waals surface area contributed by atoms with E-state index in [9.17, 15) is 8.78 Å². The number of halogens is 3. The van der Waals surface area contributed by atoms with Gasteiger partial charge in [0, 0.05) is 12.1 Å². The first kappa shape index (κ1) is 11.0. The molecule has 0 radical (unpaired) electrons. The number of pyridine rings is 1. The fourth-order valence-corrected chi connectivity index (χ4v) is 1.33. The van der Waals surface area contributed by atoms with Gasteiger partial charge in [-0.05, 0) is 34.1 Å². The quantitative estimate of drug-likeness (QED) is 0.835. The molecule has 0 saturated carbocycles. The van der Waals surface area contributed by atoms with E-state index >= 15 is 0 Å². The van der Waals surface area contributed by atoms with Crippen LogP contribution in [0.5, 0.6) is 11.6 Å². The van der Waals surface area contributed by atoms with Crippen LogP contribution >= 0.6 is 15.9 Å². The van der Waals surface area contributed by atoms with Crippen molar-refractivity contribution in [2.45, 2.75) is 0 Å². The Labute approximate surface area is 99.0 Å². The Morgan fingerprint density at radius 2 is 1.94 bits per heavy atom. The minimum Gasteiger partial charge on any atom is -0.439 e. The highest BCUT2D eigenvalue weighted by Gasteiger charge is 2.03. The Bertz CT molecular complexity index is 502. The van der Waals surface area contributed by atoms with Gasteiger partial charge in [0.15, 0.2) is 0 Å². The largest absolute Gasteiger partial charge is 0.439 e. The molecule has 2 rings (SSSR count). The molecule has 5 heteroatoms. The summed E-state index contributed by atoms with van der Waals surface area (Å²) in [5.41, 5.74) is 0. The normalized spacial score (nSPS) is 10.2. The van der Waals surface area contributed by atoms with Crippen LogP contribution in [-0.4, -0.2) is 4.98 Å². The van der Waals surface area contributed by atoms with Crippen molar-refractivity contribution in [2.75, 3.05) is 0 Å². The second kappa shape index (κ2) is 4.57. The molecule has 0 N–H and O–H groups in total. The Hall–Kier alpha value is -1.49. The first-order valence-corrected chi connectivity index (χ1v) is 5.19. The predicted molar refractivity (Wildman–Crippen MR) is 58.4 cm³/mol. The van der Waals surface area contributed by atoms with Crippen LogP contribution in [0.25, 0.3) is 0 Å². The van der Waals surface area contributed by atoms with E-state index in [0.29, 0.717) is 10.2 Å². The molecule has 2 aromatic rings. The third kappa shape index (κ3) is 2.55. The van der Waals surface area contributed by atoms with E-state index in [0.717, 1.165) is 6.20 Å². The lowest BCUT2D eigenvalue weighted by atomic mass is 10.3. The van der Waals surface area contributed by atoms with Gasteiger partial charge in [-0.1, -0.05) is 0 Å². The number of benzene rings is 1. The van der Waals surface area contributed by atoms with E-state index in [1.165, 1.54) is 24.3 Å². The maximum absolute atomic E-state index is 13.1. The summed E-state index contributed by atoms with van der Waals surface area (Å²) in [5, 5.41) is 0. The zero-order chi connectivity index (χ0) is 11.5. The van der Waals surface area contributed by atoms with Gasteiger partial charge in [-0.2, -0.15) is 0 Å². The number of aromatic nitrogens is 1. The van der Waals surface area contributed by atoms with Gasteiger partial charge in [-0.25, -0.2) is 13.8 Å². The molecule has 0 amide bonds. The molecule has 82 valence electrons. The van der Waals surface area contributed by atoms with Crippen molar-refractivity contribution in [1.82, 2.24) is 4.98 Å². The van der Waals surface area contributed by atoms with Crippen LogP contribution in [0, 0.1) is 11.6 Å². The van der Waals surface area contributed by atoms with Gasteiger partial charge in [0.1, 0.15) is 17.4 Å². The van der Waals surface area contributed by atoms with Crippen molar-refractivity contribution in [1.29, 1.82) is 0 Å². The molecule has 0 aliphatic rings. The van der Waals surface area contributed by atoms with E-state index in [2.05, 4.69) is 20.9 Å². The maximum Gasteiger partial charge on any atom is 0.219 e. The van der Waals surface area contributed by atoms with Crippen LogP contribution in [-0.2, 0) is 0 Å². The smallest absolute Gasteiger partial charge is 0.219 e. The van der Waals surface area contributed by atoms with E-state index < -0.39 is 11.6 Å². The molecule has 0 bridgehead atoms. The third-order valence-corrected chi connectivity index (χ3v) is 2.46. The molecular formula is C11H6BrF2NO. The van der Waals surface area contributed by atoms with Gasteiger partial charge >= 0.3 is 0 Å². The second-order valence-electron chi connectivity index (χ2n) is 2.99. The topological polar surface area (TPSA) is 22.1 Å². The van der Waals surface area contributed by atoms with Gasteiger partial charge in [0.25, 0.3) is 0 Å². The molecule has 0 fully saturated rings. The van der Waals surface area contributed by atoms with Gasteiger partial charge in [-0.3, -0.25) is 0 Å². The summed E-state index contributed by atoms with van der Waals surface area (Å²) in [6.45, 7) is 0. The minimum atomic E-state index is -0.450. The average molecular weight is 286 g/mol. The fourth-order valence-electron chi connectivity index (χ4n) is 1.08. The Morgan fingerprint density at radius 3 is 2.56 bits per heavy atom. The minimum absolute atomic E-state index is 0.211. The standard InChI is InChI=1S/C11H6BrF2NO/c12-9-3-2-8(5-10(9)14)16-11-4-1-7(13)6-15-11/h1-6H. The highest BCUT2D eigenvalue weighted by Crippen LogP contribution is 2.24. The fraction of sp³-hybridized carbons (Fsp3) is 0. The van der Waals surface area contributed by atoms with E-state index in [-0.39, 0.29) is 5.88 Å². The summed E-state index contributed by atoms with van der Waals surface area (Å²) in [4.78, 5) is 3.69. The van der Waals surface area contributed by atoms with Crippen LogP contribution in [0.15, 0.2) is 41.0 Å². The Balaban J connectivity index is 2.20. The zero-order valence-electron chi connectivity index (χ0n) is 7.95. The van der Waals surface area contributed by atoms with Gasteiger partial charge < -0.3 is 4.74 Å². The molecule has 1 heterocycles. The van der Waals surface area contributed by atoms with Gasteiger partial charge in [0.2, 0.25) is 5.88 Å². The number of hydrogen-bond donors (Lipinski definition) is 0. The maximum atomic E-state index is 13.1. The van der Waals surface area contributed by atoms with Crippen LogP contribution in [0.2, 0.25) is 0 Å². The molecule has 0 atom stereocenters. The molecular weight excluding hydrogens is 280 g/mol. The van der Waals surface area contributed by atoms with Crippen molar-refractivity contribution >= 4 is 15.9 Å². The highest BCUT2D eigenvalue weighted by molar-refractivity contribution is 9.10. The second-order valence-corrected chi connectivity index (χ2v) is 3.85. The average Bonchev–Trinajstić information content (AvgIpc) is 2.27. The number of ether oxygens (including phenoxy) is 1. The third-order valence-electron chi connectivity index (χ3n) is 1.81. The summed E-state index contributed by atoms with van der Waals surface area (Å²) >= 11 is 3.03. The Morgan fingerprint density at radius 1 is 1.12 bits per heavy atom. The molecule has 0 spiro atoms. The summed E-state index contributed by atoms with van der Waals surface area (Å²) in [5.74, 6) is -0.364. The van der Waals surface area contributed by atoms with Gasteiger partial charge in [0.05, 0.1) is 10.7 Å². The predicted octanol–water partition coefficient (Wildman–Crippen LogP) is 3.91. The van der Waals surface area contributed by atoms with Crippen LogP contribution < -0.4 is 4.74 Å². The lowest BCUT2D eigenvalue weighted by Gasteiger charge is -2.04. The highest BCUT2D eigenvalue weighted by atomic mass is 79.9. The van der Waals surface area contributed by atoms with E-state index in [1.54, 1.807) is 6.07 Å². The number of nitrogens with zero attached hydrogens (tertiary/aromatic N) is 1. The van der Waals surface area contributed by atoms with Crippen molar-refractivity contribution in [3.63, 3.8) is 0 Å². The van der Waals surface area contributed by atoms with Crippen LogP contribution in [0.3, 0.4) is 0 Å². The molecule has 0 saturated heterocycles. The molecule has 1 aromatic heterocycles. The molecule has 0 aliphatic carbocycles. The zero-order valence-corrected chi connectivity index (χ0v) is 9.54. The number of hydrogen-bond acceptors (Lipinski definition) is 2. The molecule has 0 unspecified atom stereocenters. The molecule has 2 nitrogen and oxygen atoms in total. The monoisotopic (exact) mass is 285 g/mol. The Kier molecular flexibility index (Phi) is 3.14. The van der Waals surface area contributed by atoms with E-state index in [4.69, 9.17) is 4.74 Å². The number of rotatable bonds is 2. The first-order valence-electron chi connectivity index (χ1n) is 4.39. The summed E-state index contributed by atoms with van der Waals surface area (Å²) in [6, 6.07) is 6.91. The molecule has 0 aliphatic heterocycles. The van der Waals surface area contributed by atoms with Crippen molar-refractivity contribution in [3.8, 4) is 11.6 Å².